The van der Waals surface area contributed by atoms with Crippen molar-refractivity contribution in [3.05, 3.63) is 40.2 Å². The number of carbonyl (C=O) groups is 1. The maximum absolute atomic E-state index is 13.4. The predicted molar refractivity (Wildman–Crippen MR) is 140 cm³/mol. The first-order valence-electron chi connectivity index (χ1n) is 13.2. The van der Waals surface area contributed by atoms with E-state index in [4.69, 9.17) is 14.8 Å². The van der Waals surface area contributed by atoms with E-state index in [-0.39, 0.29) is 11.9 Å². The summed E-state index contributed by atoms with van der Waals surface area (Å²) in [5.41, 5.74) is 8.91. The normalized spacial score (nSPS) is 22.9. The summed E-state index contributed by atoms with van der Waals surface area (Å²) in [4.78, 5) is 22.5. The number of carbonyl (C=O) groups excluding carboxylic acids is 1. The SMILES string of the molecule is CCCC(=Nc1cc(N(C)C(=O)C(C)N2CCOCC2)cc(C)c1C)c1n[nH]c2c1CC1CC1C2. The number of likely N-dealkylation sites (N-methyl/N-ethyl adjacent to an activating group) is 1. The van der Waals surface area contributed by atoms with E-state index in [1.54, 1.807) is 4.90 Å². The maximum Gasteiger partial charge on any atom is 0.243 e. The molecule has 3 aliphatic rings. The maximum atomic E-state index is 13.4. The topological polar surface area (TPSA) is 73.8 Å². The fraction of sp³-hybridized carbons (Fsp3) is 0.607. The summed E-state index contributed by atoms with van der Waals surface area (Å²) in [5, 5.41) is 8.07. The molecular weight excluding hydrogens is 438 g/mol. The third-order valence-electron chi connectivity index (χ3n) is 8.26. The molecule has 7 heteroatoms. The average molecular weight is 478 g/mol. The van der Waals surface area contributed by atoms with Gasteiger partial charge in [0.25, 0.3) is 0 Å². The van der Waals surface area contributed by atoms with Crippen molar-refractivity contribution in [2.24, 2.45) is 16.8 Å². The molecular formula is C28H39N5O2. The minimum absolute atomic E-state index is 0.0965. The molecule has 1 N–H and O–H groups in total. The van der Waals surface area contributed by atoms with Gasteiger partial charge in [-0.2, -0.15) is 5.10 Å². The fourth-order valence-electron chi connectivity index (χ4n) is 5.63. The van der Waals surface area contributed by atoms with Crippen LogP contribution in [0.3, 0.4) is 0 Å². The van der Waals surface area contributed by atoms with Gasteiger partial charge in [0.15, 0.2) is 0 Å². The molecule has 2 aliphatic carbocycles. The highest BCUT2D eigenvalue weighted by molar-refractivity contribution is 6.02. The van der Waals surface area contributed by atoms with Crippen LogP contribution < -0.4 is 4.90 Å². The van der Waals surface area contributed by atoms with Crippen LogP contribution in [0.1, 0.15) is 61.2 Å². The summed E-state index contributed by atoms with van der Waals surface area (Å²) in [6, 6.07) is 3.98. The first-order chi connectivity index (χ1) is 16.9. The van der Waals surface area contributed by atoms with Gasteiger partial charge in [-0.25, -0.2) is 0 Å². The van der Waals surface area contributed by atoms with Crippen LogP contribution in [0.5, 0.6) is 0 Å². The molecule has 1 saturated heterocycles. The summed E-state index contributed by atoms with van der Waals surface area (Å²) in [6.07, 6.45) is 5.51. The number of hydrogen-bond donors (Lipinski definition) is 1. The average Bonchev–Trinajstić information content (AvgIpc) is 3.52. The van der Waals surface area contributed by atoms with Crippen LogP contribution in [0.25, 0.3) is 0 Å². The third kappa shape index (κ3) is 4.81. The molecule has 1 amide bonds. The number of rotatable bonds is 7. The van der Waals surface area contributed by atoms with Crippen LogP contribution in [0.2, 0.25) is 0 Å². The summed E-state index contributed by atoms with van der Waals surface area (Å²) < 4.78 is 5.46. The molecule has 2 aromatic rings. The van der Waals surface area contributed by atoms with Crippen LogP contribution in [-0.4, -0.2) is 66.1 Å². The van der Waals surface area contributed by atoms with E-state index in [0.717, 1.165) is 84.5 Å². The minimum atomic E-state index is -0.185. The van der Waals surface area contributed by atoms with Crippen LogP contribution in [0.15, 0.2) is 17.1 Å². The molecule has 3 atom stereocenters. The number of benzene rings is 1. The van der Waals surface area contributed by atoms with Gasteiger partial charge in [0.05, 0.1) is 30.7 Å². The van der Waals surface area contributed by atoms with Crippen molar-refractivity contribution in [1.29, 1.82) is 0 Å². The molecule has 1 aromatic heterocycles. The number of nitrogens with one attached hydrogen (secondary N) is 1. The zero-order chi connectivity index (χ0) is 24.7. The predicted octanol–water partition coefficient (Wildman–Crippen LogP) is 4.37. The van der Waals surface area contributed by atoms with Crippen LogP contribution >= 0.6 is 0 Å². The quantitative estimate of drug-likeness (QED) is 0.601. The van der Waals surface area contributed by atoms with Crippen molar-refractivity contribution in [2.75, 3.05) is 38.3 Å². The Labute approximate surface area is 208 Å². The Hall–Kier alpha value is -2.51. The molecule has 7 nitrogen and oxygen atoms in total. The number of nitrogens with zero attached hydrogens (tertiary/aromatic N) is 4. The highest BCUT2D eigenvalue weighted by Crippen LogP contribution is 2.48. The molecule has 0 bridgehead atoms. The Morgan fingerprint density at radius 2 is 2.00 bits per heavy atom. The fourth-order valence-corrected chi connectivity index (χ4v) is 5.63. The Balaban J connectivity index is 1.45. The Morgan fingerprint density at radius 3 is 2.74 bits per heavy atom. The van der Waals surface area contributed by atoms with Crippen LogP contribution in [-0.2, 0) is 22.4 Å². The summed E-state index contributed by atoms with van der Waals surface area (Å²) in [5.74, 6) is 1.79. The van der Waals surface area contributed by atoms with Gasteiger partial charge < -0.3 is 9.64 Å². The molecule has 0 spiro atoms. The standard InChI is InChI=1S/C28H39N5O2/c1-6-7-24(27-23-14-20-13-21(20)15-26(23)30-31-27)29-25-16-22(12-17(2)18(25)3)32(5)28(34)19(4)33-8-10-35-11-9-33/h12,16,19-21H,6-11,13-15H2,1-5H3,(H,30,31). The van der Waals surface area contributed by atoms with E-state index in [9.17, 15) is 4.79 Å². The molecule has 2 fully saturated rings. The van der Waals surface area contributed by atoms with Crippen molar-refractivity contribution in [2.45, 2.75) is 65.8 Å². The minimum Gasteiger partial charge on any atom is -0.379 e. The number of hydrogen-bond acceptors (Lipinski definition) is 5. The second-order valence-corrected chi connectivity index (χ2v) is 10.6. The lowest BCUT2D eigenvalue weighted by molar-refractivity contribution is -0.124. The zero-order valence-corrected chi connectivity index (χ0v) is 21.9. The first kappa shape index (κ1) is 24.2. The molecule has 35 heavy (non-hydrogen) atoms. The van der Waals surface area contributed by atoms with Gasteiger partial charge in [-0.1, -0.05) is 13.3 Å². The third-order valence-corrected chi connectivity index (χ3v) is 8.26. The summed E-state index contributed by atoms with van der Waals surface area (Å²) in [6.45, 7) is 11.4. The number of aliphatic imine (C=N–C) groups is 1. The van der Waals surface area contributed by atoms with Crippen molar-refractivity contribution < 1.29 is 9.53 Å². The van der Waals surface area contributed by atoms with Crippen LogP contribution in [0.4, 0.5) is 11.4 Å². The van der Waals surface area contributed by atoms with Gasteiger partial charge in [0, 0.05) is 37.1 Å². The number of morpholine rings is 1. The van der Waals surface area contributed by atoms with E-state index in [1.165, 1.54) is 17.7 Å². The molecule has 1 aliphatic heterocycles. The number of H-pyrrole nitrogens is 1. The summed E-state index contributed by atoms with van der Waals surface area (Å²) >= 11 is 0. The van der Waals surface area contributed by atoms with Gasteiger partial charge in [-0.3, -0.25) is 19.8 Å². The highest BCUT2D eigenvalue weighted by atomic mass is 16.5. The Kier molecular flexibility index (Phi) is 6.82. The van der Waals surface area contributed by atoms with Crippen molar-refractivity contribution in [3.8, 4) is 0 Å². The number of aromatic nitrogens is 2. The van der Waals surface area contributed by atoms with Crippen molar-refractivity contribution in [1.82, 2.24) is 15.1 Å². The lowest BCUT2D eigenvalue weighted by Gasteiger charge is -2.33. The molecule has 1 aromatic carbocycles. The highest BCUT2D eigenvalue weighted by Gasteiger charge is 2.43. The van der Waals surface area contributed by atoms with E-state index in [1.807, 2.05) is 14.0 Å². The molecule has 1 saturated carbocycles. The number of aryl methyl sites for hydroxylation is 1. The van der Waals surface area contributed by atoms with Gasteiger partial charge >= 0.3 is 0 Å². The number of anilines is 1. The zero-order valence-electron chi connectivity index (χ0n) is 21.9. The lowest BCUT2D eigenvalue weighted by atomic mass is 9.93. The van der Waals surface area contributed by atoms with Crippen LogP contribution in [0, 0.1) is 25.7 Å². The van der Waals surface area contributed by atoms with Crippen molar-refractivity contribution >= 4 is 23.0 Å². The van der Waals surface area contributed by atoms with Crippen molar-refractivity contribution in [3.63, 3.8) is 0 Å². The molecule has 0 radical (unpaired) electrons. The lowest BCUT2D eigenvalue weighted by Crippen LogP contribution is -2.50. The van der Waals surface area contributed by atoms with Gasteiger partial charge in [0.2, 0.25) is 5.91 Å². The Bertz CT molecular complexity index is 1130. The largest absolute Gasteiger partial charge is 0.379 e. The second-order valence-electron chi connectivity index (χ2n) is 10.6. The smallest absolute Gasteiger partial charge is 0.243 e. The van der Waals surface area contributed by atoms with Gasteiger partial charge in [-0.15, -0.1) is 0 Å². The van der Waals surface area contributed by atoms with E-state index in [2.05, 4.69) is 42.9 Å². The molecule has 2 heterocycles. The monoisotopic (exact) mass is 477 g/mol. The van der Waals surface area contributed by atoms with Gasteiger partial charge in [0.1, 0.15) is 5.69 Å². The number of ether oxygens (including phenoxy) is 1. The number of aromatic amines is 1. The van der Waals surface area contributed by atoms with Gasteiger partial charge in [-0.05, 0) is 81.5 Å². The molecule has 188 valence electrons. The Morgan fingerprint density at radius 1 is 1.26 bits per heavy atom. The van der Waals surface area contributed by atoms with E-state index >= 15 is 0 Å². The van der Waals surface area contributed by atoms with E-state index < -0.39 is 0 Å². The molecule has 3 unspecified atom stereocenters. The molecule has 5 rings (SSSR count). The summed E-state index contributed by atoms with van der Waals surface area (Å²) in [7, 11) is 1.87. The second kappa shape index (κ2) is 9.86. The first-order valence-corrected chi connectivity index (χ1v) is 13.2. The number of fused-ring (bicyclic) bond motifs is 2. The number of amides is 1. The van der Waals surface area contributed by atoms with E-state index in [0.29, 0.717) is 13.2 Å².